The summed E-state index contributed by atoms with van der Waals surface area (Å²) in [6, 6.07) is 7.74. The summed E-state index contributed by atoms with van der Waals surface area (Å²) in [6.45, 7) is 0. The molecule has 0 amide bonds. The molecule has 0 saturated carbocycles. The second kappa shape index (κ2) is 5.02. The van der Waals surface area contributed by atoms with Crippen molar-refractivity contribution in [3.8, 4) is 0 Å². The van der Waals surface area contributed by atoms with Crippen LogP contribution in [-0.2, 0) is 10.8 Å². The predicted octanol–water partition coefficient (Wildman–Crippen LogP) is 3.11. The number of Topliss-reactive ketones (excluding diaryl/α,β-unsaturated/α-hetero) is 1. The summed E-state index contributed by atoms with van der Waals surface area (Å²) in [5.74, 6) is 0.263. The minimum Gasteiger partial charge on any atom is -0.294 e. The van der Waals surface area contributed by atoms with Gasteiger partial charge < -0.3 is 0 Å². The van der Waals surface area contributed by atoms with E-state index in [2.05, 4.69) is 4.98 Å². The number of carbonyl (C=O) groups is 1. The second-order valence-corrected chi connectivity index (χ2v) is 8.08. The van der Waals surface area contributed by atoms with Crippen LogP contribution in [-0.4, -0.2) is 25.5 Å². The Bertz CT molecular complexity index is 721. The maximum absolute atomic E-state index is 12.9. The van der Waals surface area contributed by atoms with E-state index in [9.17, 15) is 9.00 Å². The molecule has 4 rings (SSSR count). The monoisotopic (exact) mass is 299 g/mol. The number of carbonyl (C=O) groups excluding carboxylic acids is 1. The Morgan fingerprint density at radius 2 is 1.90 bits per heavy atom. The molecular formula is C17H17NO2S. The highest BCUT2D eigenvalue weighted by Crippen LogP contribution is 2.40. The third-order valence-electron chi connectivity index (χ3n) is 4.88. The van der Waals surface area contributed by atoms with Crippen molar-refractivity contribution in [1.82, 2.24) is 4.98 Å². The molecule has 1 aromatic heterocycles. The number of hydrogen-bond acceptors (Lipinski definition) is 3. The topological polar surface area (TPSA) is 47.0 Å². The Balaban J connectivity index is 1.70. The summed E-state index contributed by atoms with van der Waals surface area (Å²) in [6.07, 6.45) is 7.18. The van der Waals surface area contributed by atoms with Gasteiger partial charge in [-0.25, -0.2) is 0 Å². The van der Waals surface area contributed by atoms with Crippen molar-refractivity contribution in [2.75, 3.05) is 0 Å². The lowest BCUT2D eigenvalue weighted by Crippen LogP contribution is -2.32. The molecule has 2 fully saturated rings. The average Bonchev–Trinajstić information content (AvgIpc) is 2.75. The number of benzene rings is 1. The van der Waals surface area contributed by atoms with Gasteiger partial charge in [0, 0.05) is 50.6 Å². The molecule has 2 aromatic rings. The number of rotatable bonds is 2. The maximum Gasteiger partial charge on any atom is 0.166 e. The van der Waals surface area contributed by atoms with Crippen LogP contribution in [0.2, 0.25) is 0 Å². The highest BCUT2D eigenvalue weighted by molar-refractivity contribution is 7.86. The largest absolute Gasteiger partial charge is 0.294 e. The van der Waals surface area contributed by atoms with Gasteiger partial charge in [-0.1, -0.05) is 18.2 Å². The van der Waals surface area contributed by atoms with E-state index in [0.717, 1.165) is 42.0 Å². The van der Waals surface area contributed by atoms with E-state index >= 15 is 0 Å². The Morgan fingerprint density at radius 1 is 1.14 bits per heavy atom. The summed E-state index contributed by atoms with van der Waals surface area (Å²) in [5.41, 5.74) is 0.798. The molecule has 0 spiro atoms. The van der Waals surface area contributed by atoms with Crippen molar-refractivity contribution in [1.29, 1.82) is 0 Å². The highest BCUT2D eigenvalue weighted by Gasteiger charge is 2.42. The Hall–Kier alpha value is -1.55. The number of fused-ring (bicyclic) bond motifs is 3. The molecule has 2 unspecified atom stereocenters. The molecule has 2 aliphatic rings. The molecule has 3 heterocycles. The average molecular weight is 299 g/mol. The van der Waals surface area contributed by atoms with Crippen LogP contribution in [0, 0.1) is 5.92 Å². The fraction of sp³-hybridized carbons (Fsp3) is 0.412. The van der Waals surface area contributed by atoms with Gasteiger partial charge >= 0.3 is 0 Å². The van der Waals surface area contributed by atoms with Crippen molar-refractivity contribution in [2.24, 2.45) is 5.92 Å². The molecular weight excluding hydrogens is 282 g/mol. The minimum atomic E-state index is -0.702. The van der Waals surface area contributed by atoms with Crippen molar-refractivity contribution in [2.45, 2.75) is 36.2 Å². The van der Waals surface area contributed by atoms with Crippen LogP contribution < -0.4 is 0 Å². The smallest absolute Gasteiger partial charge is 0.166 e. The molecule has 2 saturated heterocycles. The van der Waals surface area contributed by atoms with Crippen LogP contribution in [0.3, 0.4) is 0 Å². The third-order valence-corrected chi connectivity index (χ3v) is 7.05. The lowest BCUT2D eigenvalue weighted by Gasteiger charge is -2.26. The number of hydrogen-bond donors (Lipinski definition) is 0. The molecule has 3 nitrogen and oxygen atoms in total. The molecule has 108 valence electrons. The SMILES string of the molecule is O=C(c1cccc2cnccc12)C1CC2CCC(C1)S2=O. The zero-order valence-corrected chi connectivity index (χ0v) is 12.5. The van der Waals surface area contributed by atoms with E-state index in [0.29, 0.717) is 0 Å². The molecule has 2 atom stereocenters. The van der Waals surface area contributed by atoms with E-state index in [1.165, 1.54) is 0 Å². The summed E-state index contributed by atoms with van der Waals surface area (Å²) in [5, 5.41) is 2.48. The molecule has 0 radical (unpaired) electrons. The molecule has 0 N–H and O–H groups in total. The predicted molar refractivity (Wildman–Crippen MR) is 83.7 cm³/mol. The molecule has 21 heavy (non-hydrogen) atoms. The quantitative estimate of drug-likeness (QED) is 0.801. The van der Waals surface area contributed by atoms with Crippen molar-refractivity contribution in [3.05, 3.63) is 42.2 Å². The van der Waals surface area contributed by atoms with Crippen molar-refractivity contribution < 1.29 is 9.00 Å². The summed E-state index contributed by atoms with van der Waals surface area (Å²) < 4.78 is 12.1. The number of aromatic nitrogens is 1. The van der Waals surface area contributed by atoms with Crippen LogP contribution in [0.1, 0.15) is 36.0 Å². The highest BCUT2D eigenvalue weighted by atomic mass is 32.2. The Kier molecular flexibility index (Phi) is 3.14. The first kappa shape index (κ1) is 13.1. The number of pyridine rings is 1. The van der Waals surface area contributed by atoms with E-state index in [4.69, 9.17) is 0 Å². The first-order chi connectivity index (χ1) is 10.2. The van der Waals surface area contributed by atoms with Gasteiger partial charge in [0.05, 0.1) is 0 Å². The van der Waals surface area contributed by atoms with Gasteiger partial charge in [-0.15, -0.1) is 0 Å². The standard InChI is InChI=1S/C17H17NO2S/c19-17(12-8-13-4-5-14(9-12)21(13)20)16-3-1-2-11-10-18-7-6-15(11)16/h1-3,6-7,10,12-14H,4-5,8-9H2. The van der Waals surface area contributed by atoms with E-state index < -0.39 is 10.8 Å². The van der Waals surface area contributed by atoms with Gasteiger partial charge in [-0.2, -0.15) is 0 Å². The number of nitrogens with zero attached hydrogens (tertiary/aromatic N) is 1. The first-order valence-electron chi connectivity index (χ1n) is 7.50. The van der Waals surface area contributed by atoms with Crippen LogP contribution in [0.4, 0.5) is 0 Å². The first-order valence-corrected chi connectivity index (χ1v) is 8.78. The van der Waals surface area contributed by atoms with Gasteiger partial charge in [-0.3, -0.25) is 14.0 Å². The van der Waals surface area contributed by atoms with E-state index in [1.807, 2.05) is 24.3 Å². The minimum absolute atomic E-state index is 0.0407. The second-order valence-electron chi connectivity index (χ2n) is 6.08. The molecule has 1 aromatic carbocycles. The summed E-state index contributed by atoms with van der Waals surface area (Å²) >= 11 is 0. The van der Waals surface area contributed by atoms with Crippen LogP contribution in [0.25, 0.3) is 10.8 Å². The lowest BCUT2D eigenvalue weighted by atomic mass is 9.88. The Morgan fingerprint density at radius 3 is 2.67 bits per heavy atom. The van der Waals surface area contributed by atoms with Gasteiger partial charge in [0.2, 0.25) is 0 Å². The summed E-state index contributed by atoms with van der Waals surface area (Å²) in [7, 11) is -0.702. The van der Waals surface area contributed by atoms with Crippen molar-refractivity contribution >= 4 is 27.4 Å². The van der Waals surface area contributed by atoms with Crippen molar-refractivity contribution in [3.63, 3.8) is 0 Å². The lowest BCUT2D eigenvalue weighted by molar-refractivity contribution is 0.0908. The van der Waals surface area contributed by atoms with Gasteiger partial charge in [0.15, 0.2) is 5.78 Å². The zero-order valence-electron chi connectivity index (χ0n) is 11.7. The van der Waals surface area contributed by atoms with Crippen LogP contribution in [0.15, 0.2) is 36.7 Å². The van der Waals surface area contributed by atoms with Gasteiger partial charge in [-0.05, 0) is 37.1 Å². The fourth-order valence-corrected chi connectivity index (χ4v) is 5.93. The van der Waals surface area contributed by atoms with E-state index in [1.54, 1.807) is 12.4 Å². The maximum atomic E-state index is 12.9. The van der Waals surface area contributed by atoms with E-state index in [-0.39, 0.29) is 22.2 Å². The number of ketones is 1. The fourth-order valence-electron chi connectivity index (χ4n) is 3.80. The van der Waals surface area contributed by atoms with Gasteiger partial charge in [0.1, 0.15) is 0 Å². The molecule has 2 aliphatic heterocycles. The zero-order chi connectivity index (χ0) is 14.4. The van der Waals surface area contributed by atoms with Crippen LogP contribution in [0.5, 0.6) is 0 Å². The Labute approximate surface area is 126 Å². The normalized spacial score (nSPS) is 31.4. The third kappa shape index (κ3) is 2.13. The molecule has 0 aliphatic carbocycles. The molecule has 2 bridgehead atoms. The van der Waals surface area contributed by atoms with Gasteiger partial charge in [0.25, 0.3) is 0 Å². The summed E-state index contributed by atoms with van der Waals surface area (Å²) in [4.78, 5) is 17.0. The molecule has 4 heteroatoms. The van der Waals surface area contributed by atoms with Crippen LogP contribution >= 0.6 is 0 Å².